The quantitative estimate of drug-likeness (QED) is 0.645. The fourth-order valence-electron chi connectivity index (χ4n) is 0.534. The zero-order valence-electron chi connectivity index (χ0n) is 4.46. The van der Waals surface area contributed by atoms with Gasteiger partial charge in [0, 0.05) is 0 Å². The van der Waals surface area contributed by atoms with Crippen molar-refractivity contribution in [1.29, 1.82) is 0 Å². The fourth-order valence-corrected chi connectivity index (χ4v) is 1.63. The van der Waals surface area contributed by atoms with Crippen molar-refractivity contribution in [2.75, 3.05) is 0 Å². The molecule has 0 unspecified atom stereocenters. The number of rotatable bonds is 1. The van der Waals surface area contributed by atoms with Crippen LogP contribution in [0.4, 0.5) is 0 Å². The van der Waals surface area contributed by atoms with Gasteiger partial charge in [0.1, 0.15) is 0 Å². The Morgan fingerprint density at radius 2 is 1.75 bits per heavy atom. The topological polar surface area (TPSA) is 26.0 Å². The predicted molar refractivity (Wildman–Crippen MR) is 36.0 cm³/mol. The van der Waals surface area contributed by atoms with E-state index in [1.165, 1.54) is 3.58 Å². The first-order valence-corrected chi connectivity index (χ1v) is 5.52. The van der Waals surface area contributed by atoms with Crippen LogP contribution < -0.4 is 7.53 Å². The van der Waals surface area contributed by atoms with Crippen molar-refractivity contribution in [3.8, 4) is 0 Å². The summed E-state index contributed by atoms with van der Waals surface area (Å²) >= 11 is -0.644. The zero-order chi connectivity index (χ0) is 5.82. The average Bonchev–Trinajstić information content (AvgIpc) is 1.90. The number of nitrogens with two attached hydrogens (primary N) is 1. The summed E-state index contributed by atoms with van der Waals surface area (Å²) in [5.74, 6) is 0. The summed E-state index contributed by atoms with van der Waals surface area (Å²) < 4.78 is 6.88. The first-order chi connectivity index (χ1) is 3.93. The van der Waals surface area contributed by atoms with Crippen LogP contribution in [0.5, 0.6) is 0 Å². The van der Waals surface area contributed by atoms with E-state index in [1.807, 2.05) is 18.2 Å². The van der Waals surface area contributed by atoms with E-state index in [0.717, 1.165) is 0 Å². The summed E-state index contributed by atoms with van der Waals surface area (Å²) in [5, 5.41) is 0. The molecular weight excluding hydrogens is 205 g/mol. The van der Waals surface area contributed by atoms with E-state index in [1.54, 1.807) is 0 Å². The Morgan fingerprint density at radius 1 is 1.12 bits per heavy atom. The average molecular weight is 212 g/mol. The van der Waals surface area contributed by atoms with Crippen LogP contribution in [0.1, 0.15) is 0 Å². The van der Waals surface area contributed by atoms with Gasteiger partial charge in [-0.05, 0) is 0 Å². The fraction of sp³-hybridized carbons (Fsp3) is 0. The Morgan fingerprint density at radius 3 is 2.12 bits per heavy atom. The van der Waals surface area contributed by atoms with Crippen molar-refractivity contribution < 1.29 is 0 Å². The van der Waals surface area contributed by atoms with E-state index in [2.05, 4.69) is 12.1 Å². The second-order valence-electron chi connectivity index (χ2n) is 1.51. The molecule has 0 spiro atoms. The second kappa shape index (κ2) is 3.09. The molecule has 0 saturated heterocycles. The second-order valence-corrected chi connectivity index (χ2v) is 3.98. The van der Waals surface area contributed by atoms with Gasteiger partial charge in [-0.1, -0.05) is 0 Å². The van der Waals surface area contributed by atoms with Crippen LogP contribution in [0.3, 0.4) is 0 Å². The van der Waals surface area contributed by atoms with Crippen molar-refractivity contribution in [1.82, 2.24) is 0 Å². The Bertz CT molecular complexity index is 150. The molecule has 0 heterocycles. The Balaban J connectivity index is 2.83. The van der Waals surface area contributed by atoms with Gasteiger partial charge in [0.2, 0.25) is 0 Å². The number of hydrogen-bond donors (Lipinski definition) is 1. The number of hydrogen-bond acceptors (Lipinski definition) is 1. The normalized spacial score (nSPS) is 9.12. The van der Waals surface area contributed by atoms with Crippen molar-refractivity contribution in [3.63, 3.8) is 0 Å². The minimum atomic E-state index is -0.644. The molecule has 0 aliphatic rings. The van der Waals surface area contributed by atoms with Gasteiger partial charge in [0.05, 0.1) is 0 Å². The van der Waals surface area contributed by atoms with E-state index in [9.17, 15) is 0 Å². The maximum absolute atomic E-state index is 5.52. The molecule has 40 valence electrons. The molecule has 1 rings (SSSR count). The van der Waals surface area contributed by atoms with Gasteiger partial charge in [-0.15, -0.1) is 0 Å². The van der Waals surface area contributed by atoms with Gasteiger partial charge in [-0.25, -0.2) is 0 Å². The van der Waals surface area contributed by atoms with Gasteiger partial charge in [0.25, 0.3) is 0 Å². The molecule has 2 heteroatoms. The summed E-state index contributed by atoms with van der Waals surface area (Å²) in [6.07, 6.45) is 0. The van der Waals surface area contributed by atoms with Crippen LogP contribution in [0.2, 0.25) is 0 Å². The van der Waals surface area contributed by atoms with Gasteiger partial charge in [0.15, 0.2) is 0 Å². The van der Waals surface area contributed by atoms with E-state index in [4.69, 9.17) is 3.96 Å². The molecule has 2 N–H and O–H groups in total. The SMILES string of the molecule is [NH2][Sn][c]1ccccc1. The third kappa shape index (κ3) is 1.49. The summed E-state index contributed by atoms with van der Waals surface area (Å²) in [6.45, 7) is 0. The first-order valence-electron chi connectivity index (χ1n) is 2.45. The molecule has 0 saturated carbocycles. The molecule has 8 heavy (non-hydrogen) atoms. The van der Waals surface area contributed by atoms with Crippen LogP contribution in [0.25, 0.3) is 0 Å². The van der Waals surface area contributed by atoms with Crippen molar-refractivity contribution in [2.24, 2.45) is 3.96 Å². The summed E-state index contributed by atoms with van der Waals surface area (Å²) in [5.41, 5.74) is 0. The molecule has 1 nitrogen and oxygen atoms in total. The summed E-state index contributed by atoms with van der Waals surface area (Å²) in [4.78, 5) is 0. The van der Waals surface area contributed by atoms with E-state index < -0.39 is 21.4 Å². The molecule has 0 aromatic heterocycles. The van der Waals surface area contributed by atoms with E-state index in [-0.39, 0.29) is 0 Å². The van der Waals surface area contributed by atoms with E-state index in [0.29, 0.717) is 0 Å². The van der Waals surface area contributed by atoms with Crippen LogP contribution in [0.15, 0.2) is 30.3 Å². The monoisotopic (exact) mass is 213 g/mol. The molecular formula is C6H7NSn. The van der Waals surface area contributed by atoms with Gasteiger partial charge < -0.3 is 0 Å². The molecule has 0 aliphatic heterocycles. The molecule has 0 aliphatic carbocycles. The van der Waals surface area contributed by atoms with Crippen molar-refractivity contribution in [3.05, 3.63) is 30.3 Å². The molecule has 0 bridgehead atoms. The summed E-state index contributed by atoms with van der Waals surface area (Å²) in [6, 6.07) is 10.3. The van der Waals surface area contributed by atoms with Gasteiger partial charge in [-0.2, -0.15) is 0 Å². The van der Waals surface area contributed by atoms with Crippen LogP contribution in [0, 0.1) is 0 Å². The first kappa shape index (κ1) is 6.10. The third-order valence-corrected chi connectivity index (χ3v) is 2.84. The maximum atomic E-state index is 5.52. The Kier molecular flexibility index (Phi) is 2.36. The third-order valence-electron chi connectivity index (χ3n) is 0.940. The number of benzene rings is 1. The Labute approximate surface area is 59.5 Å². The summed E-state index contributed by atoms with van der Waals surface area (Å²) in [7, 11) is 0. The van der Waals surface area contributed by atoms with Crippen LogP contribution in [-0.4, -0.2) is 21.4 Å². The van der Waals surface area contributed by atoms with Gasteiger partial charge >= 0.3 is 59.3 Å². The minimum absolute atomic E-state index is 0.644. The standard InChI is InChI=1S/C6H5.H2N.Sn/c1-2-4-6-5-3-1;;/h1-5H;1H2;/q;-1;+1. The molecule has 1 aromatic rings. The zero-order valence-corrected chi connectivity index (χ0v) is 7.32. The van der Waals surface area contributed by atoms with Gasteiger partial charge in [-0.3, -0.25) is 0 Å². The molecule has 2 radical (unpaired) electrons. The molecule has 1 aromatic carbocycles. The van der Waals surface area contributed by atoms with E-state index >= 15 is 0 Å². The Hall–Kier alpha value is -0.0213. The predicted octanol–water partition coefficient (Wildman–Crippen LogP) is -0.110. The molecule has 0 atom stereocenters. The van der Waals surface area contributed by atoms with Crippen LogP contribution >= 0.6 is 0 Å². The van der Waals surface area contributed by atoms with Crippen molar-refractivity contribution >= 4 is 25.0 Å². The molecule has 0 fully saturated rings. The van der Waals surface area contributed by atoms with Crippen LogP contribution in [-0.2, 0) is 0 Å². The van der Waals surface area contributed by atoms with Crippen molar-refractivity contribution in [2.45, 2.75) is 0 Å². The molecule has 0 amide bonds.